The summed E-state index contributed by atoms with van der Waals surface area (Å²) in [6.07, 6.45) is 7.01. The molecule has 0 saturated carbocycles. The van der Waals surface area contributed by atoms with E-state index in [-0.39, 0.29) is 11.6 Å². The number of ether oxygens (including phenoxy) is 6. The summed E-state index contributed by atoms with van der Waals surface area (Å²) in [5.41, 5.74) is 1.24. The van der Waals surface area contributed by atoms with Crippen molar-refractivity contribution in [3.63, 3.8) is 0 Å². The van der Waals surface area contributed by atoms with E-state index in [1.165, 1.54) is 0 Å². The molecule has 0 unspecified atom stereocenters. The predicted octanol–water partition coefficient (Wildman–Crippen LogP) is 6.47. The van der Waals surface area contributed by atoms with Crippen molar-refractivity contribution in [1.29, 1.82) is 0 Å². The number of hydrogen-bond donors (Lipinski definition) is 0. The van der Waals surface area contributed by atoms with Crippen LogP contribution in [0.15, 0.2) is 36.4 Å². The molecule has 0 fully saturated rings. The Kier molecular flexibility index (Phi) is 14.4. The molecule has 1 aliphatic heterocycles. The Morgan fingerprint density at radius 2 is 0.900 bits per heavy atom. The Bertz CT molecular complexity index is 968. The van der Waals surface area contributed by atoms with Gasteiger partial charge >= 0.3 is 0 Å². The van der Waals surface area contributed by atoms with Crippen LogP contribution in [0.3, 0.4) is 0 Å². The second kappa shape index (κ2) is 18.3. The Hall–Kier alpha value is -3.10. The van der Waals surface area contributed by atoms with Crippen LogP contribution in [0.1, 0.15) is 85.9 Å². The fraction of sp³-hybridized carbons (Fsp3) is 0.562. The van der Waals surface area contributed by atoms with Gasteiger partial charge in [0.2, 0.25) is 0 Å². The lowest BCUT2D eigenvalue weighted by molar-refractivity contribution is 0.0639. The maximum absolute atomic E-state index is 12.6. The number of fused-ring (bicyclic) bond motifs is 2. The summed E-state index contributed by atoms with van der Waals surface area (Å²) in [4.78, 5) is 25.2. The van der Waals surface area contributed by atoms with Gasteiger partial charge in [0.1, 0.15) is 26.4 Å². The van der Waals surface area contributed by atoms with E-state index in [9.17, 15) is 9.59 Å². The Balaban J connectivity index is 1.60. The van der Waals surface area contributed by atoms with Crippen LogP contribution in [0, 0.1) is 0 Å². The highest BCUT2D eigenvalue weighted by molar-refractivity contribution is 5.97. The zero-order chi connectivity index (χ0) is 28.4. The van der Waals surface area contributed by atoms with Gasteiger partial charge in [-0.05, 0) is 49.2 Å². The van der Waals surface area contributed by atoms with Crippen molar-refractivity contribution in [3.8, 4) is 23.0 Å². The number of hydrogen-bond acceptors (Lipinski definition) is 8. The molecule has 0 aliphatic carbocycles. The van der Waals surface area contributed by atoms with E-state index < -0.39 is 0 Å². The molecule has 40 heavy (non-hydrogen) atoms. The summed E-state index contributed by atoms with van der Waals surface area (Å²) < 4.78 is 35.1. The van der Waals surface area contributed by atoms with E-state index in [1.54, 1.807) is 36.4 Å². The van der Waals surface area contributed by atoms with E-state index >= 15 is 0 Å². The molecule has 220 valence electrons. The fourth-order valence-electron chi connectivity index (χ4n) is 4.23. The third-order valence-electron chi connectivity index (χ3n) is 6.49. The van der Waals surface area contributed by atoms with Crippen molar-refractivity contribution in [1.82, 2.24) is 0 Å². The topological polar surface area (TPSA) is 89.5 Å². The van der Waals surface area contributed by atoms with Crippen LogP contribution >= 0.6 is 0 Å². The molecule has 0 atom stereocenters. The molecule has 0 aromatic heterocycles. The third kappa shape index (κ3) is 10.8. The molecule has 0 saturated heterocycles. The summed E-state index contributed by atoms with van der Waals surface area (Å²) in [6, 6.07) is 10.6. The van der Waals surface area contributed by atoms with Crippen molar-refractivity contribution in [3.05, 3.63) is 47.5 Å². The molecule has 8 heteroatoms. The molecule has 0 spiro atoms. The molecule has 0 bridgehead atoms. The summed E-state index contributed by atoms with van der Waals surface area (Å²) >= 11 is 0. The molecule has 0 amide bonds. The van der Waals surface area contributed by atoms with Crippen molar-refractivity contribution in [2.24, 2.45) is 0 Å². The first-order valence-electron chi connectivity index (χ1n) is 14.6. The van der Waals surface area contributed by atoms with Crippen LogP contribution in [0.25, 0.3) is 0 Å². The highest BCUT2D eigenvalue weighted by atomic mass is 16.6. The van der Waals surface area contributed by atoms with Crippen LogP contribution in [-0.4, -0.2) is 64.4 Å². The molecular formula is C32H44O8. The molecule has 1 aliphatic rings. The number of benzene rings is 2. The van der Waals surface area contributed by atoms with Gasteiger partial charge in [-0.25, -0.2) is 0 Å². The molecule has 2 aromatic rings. The molecule has 0 N–H and O–H groups in total. The highest BCUT2D eigenvalue weighted by Gasteiger charge is 2.14. The number of unbranched alkanes of at least 4 members (excludes halogenated alkanes) is 4. The van der Waals surface area contributed by atoms with Gasteiger partial charge in [0.05, 0.1) is 26.4 Å². The summed E-state index contributed by atoms with van der Waals surface area (Å²) in [5.74, 6) is 2.34. The molecule has 1 heterocycles. The van der Waals surface area contributed by atoms with Crippen molar-refractivity contribution < 1.29 is 38.0 Å². The average Bonchev–Trinajstić information content (AvgIpc) is 2.96. The van der Waals surface area contributed by atoms with Crippen LogP contribution in [-0.2, 0) is 9.47 Å². The van der Waals surface area contributed by atoms with Crippen LogP contribution in [0.4, 0.5) is 0 Å². The van der Waals surface area contributed by atoms with Gasteiger partial charge in [0, 0.05) is 24.0 Å². The van der Waals surface area contributed by atoms with Crippen molar-refractivity contribution in [2.75, 3.05) is 52.9 Å². The summed E-state index contributed by atoms with van der Waals surface area (Å²) in [7, 11) is 0. The first kappa shape index (κ1) is 31.4. The van der Waals surface area contributed by atoms with Crippen molar-refractivity contribution in [2.45, 2.75) is 65.2 Å². The Labute approximate surface area is 238 Å². The van der Waals surface area contributed by atoms with E-state index in [4.69, 9.17) is 28.4 Å². The zero-order valence-electron chi connectivity index (χ0n) is 24.0. The normalized spacial score (nSPS) is 15.1. The Morgan fingerprint density at radius 3 is 1.27 bits per heavy atom. The van der Waals surface area contributed by atoms with Gasteiger partial charge in [-0.15, -0.1) is 0 Å². The van der Waals surface area contributed by atoms with E-state index in [1.807, 2.05) is 0 Å². The molecule has 8 nitrogen and oxygen atoms in total. The smallest absolute Gasteiger partial charge is 0.163 e. The molecule has 3 rings (SSSR count). The molecule has 2 aromatic carbocycles. The first-order chi connectivity index (χ1) is 19.6. The van der Waals surface area contributed by atoms with Crippen LogP contribution < -0.4 is 18.9 Å². The zero-order valence-corrected chi connectivity index (χ0v) is 24.0. The maximum atomic E-state index is 12.6. The monoisotopic (exact) mass is 556 g/mol. The lowest BCUT2D eigenvalue weighted by Gasteiger charge is -2.16. The maximum Gasteiger partial charge on any atom is 0.163 e. The minimum atomic E-state index is 0.101. The van der Waals surface area contributed by atoms with Gasteiger partial charge in [0.25, 0.3) is 0 Å². The van der Waals surface area contributed by atoms with Gasteiger partial charge in [-0.3, -0.25) is 9.59 Å². The van der Waals surface area contributed by atoms with Gasteiger partial charge < -0.3 is 28.4 Å². The number of carbonyl (C=O) groups excluding carboxylic acids is 2. The number of ketones is 2. The minimum Gasteiger partial charge on any atom is -0.487 e. The van der Waals surface area contributed by atoms with E-state index in [0.717, 1.165) is 38.5 Å². The quantitative estimate of drug-likeness (QED) is 0.243. The number of carbonyl (C=O) groups is 2. The van der Waals surface area contributed by atoms with Crippen LogP contribution in [0.5, 0.6) is 23.0 Å². The van der Waals surface area contributed by atoms with E-state index in [2.05, 4.69) is 13.8 Å². The number of rotatable bonds is 10. The third-order valence-corrected chi connectivity index (χ3v) is 6.49. The highest BCUT2D eigenvalue weighted by Crippen LogP contribution is 2.30. The van der Waals surface area contributed by atoms with Gasteiger partial charge in [-0.1, -0.05) is 39.5 Å². The minimum absolute atomic E-state index is 0.101. The second-order valence-electron chi connectivity index (χ2n) is 9.70. The van der Waals surface area contributed by atoms with Crippen molar-refractivity contribution >= 4 is 11.6 Å². The summed E-state index contributed by atoms with van der Waals surface area (Å²) in [6.45, 7) is 6.84. The molecular weight excluding hydrogens is 512 g/mol. The molecule has 0 radical (unpaired) electrons. The first-order valence-corrected chi connectivity index (χ1v) is 14.6. The number of Topliss-reactive ketones (excluding diaryl/α,β-unsaturated/α-hetero) is 2. The fourth-order valence-corrected chi connectivity index (χ4v) is 4.23. The lowest BCUT2D eigenvalue weighted by atomic mass is 10.0. The van der Waals surface area contributed by atoms with E-state index in [0.29, 0.717) is 99.8 Å². The van der Waals surface area contributed by atoms with Gasteiger partial charge in [0.15, 0.2) is 34.6 Å². The standard InChI is InChI=1S/C32H44O8/c1-3-5-7-9-27(33)25-11-13-29-31(23-25)39-21-17-35-16-20-38-30-14-12-26(28(34)10-8-6-4-2)24-32(30)40-22-18-36-15-19-37-29/h11-14,23-24H,3-10,15-22H2,1-2H3. The van der Waals surface area contributed by atoms with Gasteiger partial charge in [-0.2, -0.15) is 0 Å². The van der Waals surface area contributed by atoms with Crippen LogP contribution in [0.2, 0.25) is 0 Å². The Morgan fingerprint density at radius 1 is 0.525 bits per heavy atom. The largest absolute Gasteiger partial charge is 0.487 e. The SMILES string of the molecule is CCCCCC(=O)c1ccc2c(c1)OCCOCCOc1ccc(C(=O)CCCCC)cc1OCCOCCO2. The second-order valence-corrected chi connectivity index (χ2v) is 9.70. The lowest BCUT2D eigenvalue weighted by Crippen LogP contribution is -2.16. The average molecular weight is 557 g/mol. The predicted molar refractivity (Wildman–Crippen MR) is 153 cm³/mol. The summed E-state index contributed by atoms with van der Waals surface area (Å²) in [5, 5.41) is 0.